The number of aromatic nitrogens is 2. The third kappa shape index (κ3) is 4.57. The average molecular weight is 409 g/mol. The van der Waals surface area contributed by atoms with Gasteiger partial charge in [0.25, 0.3) is 0 Å². The highest BCUT2D eigenvalue weighted by atomic mass is 16.5. The Morgan fingerprint density at radius 3 is 2.90 bits per heavy atom. The van der Waals surface area contributed by atoms with Crippen molar-refractivity contribution >= 4 is 11.8 Å². The van der Waals surface area contributed by atoms with Gasteiger partial charge in [0.1, 0.15) is 0 Å². The summed E-state index contributed by atoms with van der Waals surface area (Å²) in [7, 11) is 1.66. The SMILES string of the molecule is CN(Cc1nc(-c2ccccc2)no1)C(=O)CC1C(=O)NCCN1Cc1ccoc1. The molecule has 1 saturated heterocycles. The molecule has 9 heteroatoms. The van der Waals surface area contributed by atoms with E-state index in [2.05, 4.69) is 15.5 Å². The van der Waals surface area contributed by atoms with Gasteiger partial charge >= 0.3 is 0 Å². The fraction of sp³-hybridized carbons (Fsp3) is 0.333. The summed E-state index contributed by atoms with van der Waals surface area (Å²) in [6, 6.07) is 10.8. The van der Waals surface area contributed by atoms with Crippen LogP contribution in [-0.2, 0) is 22.7 Å². The number of carbonyl (C=O) groups is 2. The van der Waals surface area contributed by atoms with Gasteiger partial charge in [0.2, 0.25) is 23.5 Å². The highest BCUT2D eigenvalue weighted by Gasteiger charge is 2.32. The monoisotopic (exact) mass is 409 g/mol. The quantitative estimate of drug-likeness (QED) is 0.633. The van der Waals surface area contributed by atoms with Crippen molar-refractivity contribution in [3.05, 3.63) is 60.4 Å². The molecule has 1 aliphatic rings. The molecule has 3 aromatic rings. The summed E-state index contributed by atoms with van der Waals surface area (Å²) in [5.74, 6) is 0.502. The summed E-state index contributed by atoms with van der Waals surface area (Å²) in [4.78, 5) is 33.1. The summed E-state index contributed by atoms with van der Waals surface area (Å²) in [5.41, 5.74) is 1.81. The number of rotatable bonds is 7. The lowest BCUT2D eigenvalue weighted by molar-refractivity contribution is -0.138. The molecule has 0 saturated carbocycles. The molecular weight excluding hydrogens is 386 g/mol. The Bertz CT molecular complexity index is 986. The molecule has 1 unspecified atom stereocenters. The number of furan rings is 1. The Balaban J connectivity index is 1.38. The second-order valence-corrected chi connectivity index (χ2v) is 7.24. The van der Waals surface area contributed by atoms with Gasteiger partial charge in [-0.25, -0.2) is 0 Å². The molecule has 9 nitrogen and oxygen atoms in total. The molecule has 0 bridgehead atoms. The number of carbonyl (C=O) groups excluding carboxylic acids is 2. The predicted octanol–water partition coefficient (Wildman–Crippen LogP) is 1.68. The first-order valence-corrected chi connectivity index (χ1v) is 9.75. The smallest absolute Gasteiger partial charge is 0.246 e. The van der Waals surface area contributed by atoms with E-state index in [1.165, 1.54) is 4.90 Å². The molecule has 2 amide bonds. The fourth-order valence-corrected chi connectivity index (χ4v) is 3.43. The van der Waals surface area contributed by atoms with Crippen molar-refractivity contribution in [1.82, 2.24) is 25.3 Å². The van der Waals surface area contributed by atoms with E-state index in [0.29, 0.717) is 31.3 Å². The molecule has 1 N–H and O–H groups in total. The van der Waals surface area contributed by atoms with E-state index in [0.717, 1.165) is 11.1 Å². The molecule has 4 rings (SSSR count). The van der Waals surface area contributed by atoms with Gasteiger partial charge in [0.05, 0.1) is 31.5 Å². The Labute approximate surface area is 173 Å². The van der Waals surface area contributed by atoms with E-state index in [-0.39, 0.29) is 24.8 Å². The van der Waals surface area contributed by atoms with Crippen LogP contribution in [0.5, 0.6) is 0 Å². The molecule has 3 heterocycles. The number of nitrogens with zero attached hydrogens (tertiary/aromatic N) is 4. The second kappa shape index (κ2) is 8.91. The van der Waals surface area contributed by atoms with Gasteiger partial charge < -0.3 is 19.2 Å². The number of hydrogen-bond acceptors (Lipinski definition) is 7. The van der Waals surface area contributed by atoms with Crippen LogP contribution >= 0.6 is 0 Å². The van der Waals surface area contributed by atoms with Crippen molar-refractivity contribution in [3.63, 3.8) is 0 Å². The molecular formula is C21H23N5O4. The zero-order valence-corrected chi connectivity index (χ0v) is 16.7. The third-order valence-electron chi connectivity index (χ3n) is 5.07. The van der Waals surface area contributed by atoms with Gasteiger partial charge in [-0.2, -0.15) is 4.98 Å². The van der Waals surface area contributed by atoms with Gasteiger partial charge in [-0.1, -0.05) is 35.5 Å². The minimum Gasteiger partial charge on any atom is -0.472 e. The summed E-state index contributed by atoms with van der Waals surface area (Å²) in [6.45, 7) is 1.95. The Morgan fingerprint density at radius 1 is 1.30 bits per heavy atom. The normalized spacial score (nSPS) is 17.0. The Hall–Kier alpha value is -3.46. The van der Waals surface area contributed by atoms with E-state index >= 15 is 0 Å². The minimum atomic E-state index is -0.536. The molecule has 1 fully saturated rings. The van der Waals surface area contributed by atoms with Gasteiger partial charge in [0, 0.05) is 37.8 Å². The summed E-state index contributed by atoms with van der Waals surface area (Å²) < 4.78 is 10.4. The fourth-order valence-electron chi connectivity index (χ4n) is 3.43. The minimum absolute atomic E-state index is 0.0693. The van der Waals surface area contributed by atoms with Crippen molar-refractivity contribution in [2.24, 2.45) is 0 Å². The van der Waals surface area contributed by atoms with E-state index in [1.807, 2.05) is 41.3 Å². The topological polar surface area (TPSA) is 105 Å². The molecule has 1 aliphatic heterocycles. The Morgan fingerprint density at radius 2 is 2.13 bits per heavy atom. The standard InChI is InChI=1S/C21H23N5O4/c1-25(13-18-23-20(24-30-18)16-5-3-2-4-6-16)19(27)11-17-21(28)22-8-9-26(17)12-15-7-10-29-14-15/h2-7,10,14,17H,8-9,11-13H2,1H3,(H,22,28). The van der Waals surface area contributed by atoms with Crippen molar-refractivity contribution in [3.8, 4) is 11.4 Å². The molecule has 0 radical (unpaired) electrons. The lowest BCUT2D eigenvalue weighted by atomic mass is 10.1. The molecule has 2 aromatic heterocycles. The van der Waals surface area contributed by atoms with E-state index < -0.39 is 6.04 Å². The van der Waals surface area contributed by atoms with Gasteiger partial charge in [-0.05, 0) is 6.07 Å². The predicted molar refractivity (Wildman–Crippen MR) is 107 cm³/mol. The highest BCUT2D eigenvalue weighted by Crippen LogP contribution is 2.17. The van der Waals surface area contributed by atoms with E-state index in [1.54, 1.807) is 19.6 Å². The van der Waals surface area contributed by atoms with Gasteiger partial charge in [-0.3, -0.25) is 14.5 Å². The largest absolute Gasteiger partial charge is 0.472 e. The first kappa shape index (κ1) is 19.8. The van der Waals surface area contributed by atoms with Gasteiger partial charge in [0.15, 0.2) is 0 Å². The van der Waals surface area contributed by atoms with Crippen LogP contribution in [0.4, 0.5) is 0 Å². The summed E-state index contributed by atoms with van der Waals surface area (Å²) in [5, 5.41) is 6.82. The first-order chi connectivity index (χ1) is 14.6. The van der Waals surface area contributed by atoms with Crippen molar-refractivity contribution in [2.75, 3.05) is 20.1 Å². The van der Waals surface area contributed by atoms with E-state index in [4.69, 9.17) is 8.94 Å². The number of nitrogens with one attached hydrogen (secondary N) is 1. The van der Waals surface area contributed by atoms with Crippen molar-refractivity contribution < 1.29 is 18.5 Å². The molecule has 30 heavy (non-hydrogen) atoms. The van der Waals surface area contributed by atoms with Crippen LogP contribution in [-0.4, -0.2) is 57.9 Å². The third-order valence-corrected chi connectivity index (χ3v) is 5.07. The van der Waals surface area contributed by atoms with Crippen molar-refractivity contribution in [2.45, 2.75) is 25.6 Å². The van der Waals surface area contributed by atoms with Crippen LogP contribution in [0.3, 0.4) is 0 Å². The number of hydrogen-bond donors (Lipinski definition) is 1. The number of piperazine rings is 1. The maximum Gasteiger partial charge on any atom is 0.246 e. The summed E-state index contributed by atoms with van der Waals surface area (Å²) >= 11 is 0. The summed E-state index contributed by atoms with van der Waals surface area (Å²) in [6.07, 6.45) is 3.32. The van der Waals surface area contributed by atoms with Crippen molar-refractivity contribution in [1.29, 1.82) is 0 Å². The first-order valence-electron chi connectivity index (χ1n) is 9.75. The van der Waals surface area contributed by atoms with Crippen LogP contribution in [0, 0.1) is 0 Å². The molecule has 0 aliphatic carbocycles. The second-order valence-electron chi connectivity index (χ2n) is 7.24. The van der Waals surface area contributed by atoms with E-state index in [9.17, 15) is 9.59 Å². The highest BCUT2D eigenvalue weighted by molar-refractivity contribution is 5.88. The van der Waals surface area contributed by atoms with Crippen LogP contribution in [0.25, 0.3) is 11.4 Å². The maximum atomic E-state index is 12.8. The maximum absolute atomic E-state index is 12.8. The molecule has 1 aromatic carbocycles. The zero-order valence-electron chi connectivity index (χ0n) is 16.7. The number of benzene rings is 1. The van der Waals surface area contributed by atoms with Gasteiger partial charge in [-0.15, -0.1) is 0 Å². The molecule has 1 atom stereocenters. The zero-order chi connectivity index (χ0) is 20.9. The van der Waals surface area contributed by atoms with Crippen LogP contribution in [0.1, 0.15) is 17.9 Å². The van der Waals surface area contributed by atoms with Crippen LogP contribution < -0.4 is 5.32 Å². The molecule has 156 valence electrons. The lowest BCUT2D eigenvalue weighted by Gasteiger charge is -2.35. The van der Waals surface area contributed by atoms with Crippen LogP contribution in [0.2, 0.25) is 0 Å². The number of amides is 2. The lowest BCUT2D eigenvalue weighted by Crippen LogP contribution is -2.56. The Kier molecular flexibility index (Phi) is 5.89. The molecule has 0 spiro atoms. The van der Waals surface area contributed by atoms with Crippen LogP contribution in [0.15, 0.2) is 57.9 Å². The average Bonchev–Trinajstić information content (AvgIpc) is 3.43.